The minimum absolute atomic E-state index is 0. The second kappa shape index (κ2) is 30.8. The monoisotopic (exact) mass is 184 g/mol. The first-order valence-electron chi connectivity index (χ1n) is 0.123. The normalized spacial score (nSPS) is 1.20. The Morgan fingerprint density at radius 2 is 1.20 bits per heavy atom. The van der Waals surface area contributed by atoms with E-state index in [1.807, 2.05) is 0 Å². The first-order chi connectivity index (χ1) is 1.00. The zero-order chi connectivity index (χ0) is 2.00. The summed E-state index contributed by atoms with van der Waals surface area (Å²) >= 11 is 2.94. The van der Waals surface area contributed by atoms with E-state index in [4.69, 9.17) is 3.83 Å². The van der Waals surface area contributed by atoms with Crippen LogP contribution in [0.5, 0.6) is 0 Å². The van der Waals surface area contributed by atoms with E-state index >= 15 is 0 Å². The second-order valence-electron chi connectivity index (χ2n) is 0. The van der Waals surface area contributed by atoms with Gasteiger partial charge in [0.15, 0.2) is 0 Å². The Labute approximate surface area is 87.4 Å². The van der Waals surface area contributed by atoms with Crippen molar-refractivity contribution in [1.82, 2.24) is 0 Å². The molecule has 0 heterocycles. The van der Waals surface area contributed by atoms with Gasteiger partial charge in [-0.1, -0.05) is 0 Å². The van der Waals surface area contributed by atoms with Crippen LogP contribution in [0, 0.1) is 0 Å². The average molecular weight is 186 g/mol. The molecule has 0 saturated heterocycles. The van der Waals surface area contributed by atoms with Crippen molar-refractivity contribution >= 4 is 52.6 Å². The Kier molecular flexibility index (Phi) is 158. The predicted molar refractivity (Wildman–Crippen MR) is 12.2 cm³/mol. The van der Waals surface area contributed by atoms with Gasteiger partial charge < -0.3 is 0 Å². The molecule has 0 aliphatic heterocycles. The van der Waals surface area contributed by atoms with Crippen LogP contribution in [-0.2, 0) is 36.3 Å². The Morgan fingerprint density at radius 3 is 1.20 bits per heavy atom. The number of hydrogen-bond acceptors (Lipinski definition) is 1. The summed E-state index contributed by atoms with van der Waals surface area (Å²) in [5, 5.41) is 0. The van der Waals surface area contributed by atoms with Crippen molar-refractivity contribution in [3.63, 3.8) is 0 Å². The van der Waals surface area contributed by atoms with E-state index in [0.29, 0.717) is 0 Å². The maximum atomic E-state index is 7.81. The van der Waals surface area contributed by atoms with Gasteiger partial charge in [0.05, 0.1) is 0 Å². The molecule has 0 amide bonds. The van der Waals surface area contributed by atoms with Crippen LogP contribution in [0.4, 0.5) is 0 Å². The molecule has 5 heteroatoms. The van der Waals surface area contributed by atoms with Gasteiger partial charge in [-0.2, -0.15) is 0 Å². The molecular formula is CuMgNaNiO. The number of hydrogen-bond donors (Lipinski definition) is 0. The van der Waals surface area contributed by atoms with Crippen LogP contribution in [0.15, 0.2) is 0 Å². The van der Waals surface area contributed by atoms with Crippen molar-refractivity contribution in [3.05, 3.63) is 0 Å². The molecular weight excluding hydrogens is 186 g/mol. The van der Waals surface area contributed by atoms with Crippen LogP contribution in [-0.4, -0.2) is 52.6 Å². The molecule has 0 aliphatic carbocycles. The van der Waals surface area contributed by atoms with E-state index in [9.17, 15) is 0 Å². The molecule has 0 spiro atoms. The summed E-state index contributed by atoms with van der Waals surface area (Å²) in [5.74, 6) is 0. The standard InChI is InChI=1S/Cu.Mg.Na.Ni.O. The fraction of sp³-hybridized carbons (Fsp3) is 0. The molecule has 30 valence electrons. The SMILES string of the molecule is [Mg].[Na].[Ni].[O]=[Cu]. The summed E-state index contributed by atoms with van der Waals surface area (Å²) < 4.78 is 7.81. The fourth-order valence-corrected chi connectivity index (χ4v) is 0. The van der Waals surface area contributed by atoms with Crippen LogP contribution >= 0.6 is 0 Å². The summed E-state index contributed by atoms with van der Waals surface area (Å²) in [6.07, 6.45) is 0. The van der Waals surface area contributed by atoms with Crippen LogP contribution in [0.2, 0.25) is 0 Å². The van der Waals surface area contributed by atoms with Crippen molar-refractivity contribution in [1.29, 1.82) is 0 Å². The van der Waals surface area contributed by atoms with E-state index < -0.39 is 0 Å². The first-order valence-corrected chi connectivity index (χ1v) is 0.508. The summed E-state index contributed by atoms with van der Waals surface area (Å²) in [7, 11) is 0. The molecule has 0 fully saturated rings. The van der Waals surface area contributed by atoms with E-state index in [-0.39, 0.29) is 69.1 Å². The van der Waals surface area contributed by atoms with E-state index in [1.165, 1.54) is 0 Å². The zero-order valence-electron chi connectivity index (χ0n) is 2.73. The van der Waals surface area contributed by atoms with Gasteiger partial charge in [-0.15, -0.1) is 0 Å². The van der Waals surface area contributed by atoms with Gasteiger partial charge in [0, 0.05) is 69.1 Å². The fourth-order valence-electron chi connectivity index (χ4n) is 0. The molecule has 5 heavy (non-hydrogen) atoms. The van der Waals surface area contributed by atoms with Crippen molar-refractivity contribution in [2.75, 3.05) is 0 Å². The van der Waals surface area contributed by atoms with Crippen molar-refractivity contribution in [2.24, 2.45) is 0 Å². The van der Waals surface area contributed by atoms with Crippen LogP contribution in [0.1, 0.15) is 0 Å². The zero-order valence-corrected chi connectivity index (χ0v) is 8.08. The van der Waals surface area contributed by atoms with E-state index in [2.05, 4.69) is 15.9 Å². The molecule has 0 bridgehead atoms. The minimum atomic E-state index is 0. The van der Waals surface area contributed by atoms with Crippen LogP contribution < -0.4 is 0 Å². The van der Waals surface area contributed by atoms with Gasteiger partial charge in [0.1, 0.15) is 0 Å². The molecule has 0 rings (SSSR count). The Hall–Kier alpha value is 2.58. The molecule has 0 aromatic rings. The van der Waals surface area contributed by atoms with Gasteiger partial charge in [-0.3, -0.25) is 0 Å². The molecule has 0 aromatic carbocycles. The molecule has 0 aliphatic rings. The maximum absolute atomic E-state index is 7.81. The summed E-state index contributed by atoms with van der Waals surface area (Å²) in [6, 6.07) is 0. The van der Waals surface area contributed by atoms with E-state index in [0.717, 1.165) is 0 Å². The molecule has 0 unspecified atom stereocenters. The van der Waals surface area contributed by atoms with Crippen LogP contribution in [0.3, 0.4) is 0 Å². The van der Waals surface area contributed by atoms with Gasteiger partial charge in [0.25, 0.3) is 0 Å². The Bertz CT molecular complexity index is 11.6. The van der Waals surface area contributed by atoms with Gasteiger partial charge >= 0.3 is 19.8 Å². The van der Waals surface area contributed by atoms with Crippen molar-refractivity contribution in [3.8, 4) is 0 Å². The molecule has 3 radical (unpaired) electrons. The third-order valence-corrected chi connectivity index (χ3v) is 0. The van der Waals surface area contributed by atoms with Gasteiger partial charge in [-0.05, 0) is 0 Å². The van der Waals surface area contributed by atoms with Crippen LogP contribution in [0.25, 0.3) is 0 Å². The summed E-state index contributed by atoms with van der Waals surface area (Å²) in [5.41, 5.74) is 0. The third-order valence-electron chi connectivity index (χ3n) is 0. The molecule has 1 nitrogen and oxygen atoms in total. The molecule has 0 saturated carbocycles. The summed E-state index contributed by atoms with van der Waals surface area (Å²) in [4.78, 5) is 0. The third kappa shape index (κ3) is 20.7. The molecule has 0 N–H and O–H groups in total. The number of rotatable bonds is 0. The predicted octanol–water partition coefficient (Wildman–Crippen LogP) is -0.885. The van der Waals surface area contributed by atoms with E-state index in [1.54, 1.807) is 0 Å². The molecule has 0 aromatic heterocycles. The Morgan fingerprint density at radius 1 is 1.20 bits per heavy atom. The Balaban J connectivity index is -0.00000000167. The van der Waals surface area contributed by atoms with Crippen molar-refractivity contribution < 1.29 is 36.3 Å². The first kappa shape index (κ1) is 25.6. The second-order valence-corrected chi connectivity index (χ2v) is 0. The summed E-state index contributed by atoms with van der Waals surface area (Å²) in [6.45, 7) is 0. The topological polar surface area (TPSA) is 17.1 Å². The molecule has 0 atom stereocenters. The quantitative estimate of drug-likeness (QED) is 0.448. The van der Waals surface area contributed by atoms with Gasteiger partial charge in [0.2, 0.25) is 0 Å². The van der Waals surface area contributed by atoms with Gasteiger partial charge in [-0.25, -0.2) is 0 Å². The van der Waals surface area contributed by atoms with Crippen molar-refractivity contribution in [2.45, 2.75) is 0 Å². The average Bonchev–Trinajstić information content (AvgIpc) is 1.00.